The molecule has 6 heteroatoms. The number of furan rings is 1. The Kier molecular flexibility index (Phi) is 4.39. The fourth-order valence-corrected chi connectivity index (χ4v) is 3.11. The number of nitrogens with one attached hydrogen (secondary N) is 1. The summed E-state index contributed by atoms with van der Waals surface area (Å²) in [5, 5.41) is 11.0. The second-order valence-electron chi connectivity index (χ2n) is 4.95. The molecule has 0 bridgehead atoms. The van der Waals surface area contributed by atoms with Crippen LogP contribution >= 0.6 is 11.8 Å². The second-order valence-corrected chi connectivity index (χ2v) is 6.15. The highest BCUT2D eigenvalue weighted by Crippen LogP contribution is 2.23. The minimum Gasteiger partial charge on any atom is -0.463 e. The largest absolute Gasteiger partial charge is 0.463 e. The number of nitrogens with zero attached hydrogens (tertiary/aromatic N) is 2. The second kappa shape index (κ2) is 6.62. The van der Waals surface area contributed by atoms with Gasteiger partial charge in [-0.15, -0.1) is 5.10 Å². The van der Waals surface area contributed by atoms with Crippen LogP contribution in [0.5, 0.6) is 0 Å². The molecule has 3 rings (SSSR count). The average Bonchev–Trinajstić information content (AvgIpc) is 3.10. The highest BCUT2D eigenvalue weighted by Gasteiger charge is 2.30. The summed E-state index contributed by atoms with van der Waals surface area (Å²) in [7, 11) is 0. The molecule has 0 unspecified atom stereocenters. The number of carbonyl (C=O) groups excluding carboxylic acids is 1. The molecule has 22 heavy (non-hydrogen) atoms. The third-order valence-electron chi connectivity index (χ3n) is 3.16. The lowest BCUT2D eigenvalue weighted by Gasteiger charge is -2.05. The maximum Gasteiger partial charge on any atom is 0.239 e. The summed E-state index contributed by atoms with van der Waals surface area (Å²) in [4.78, 5) is 12.0. The van der Waals surface area contributed by atoms with E-state index in [9.17, 15) is 4.79 Å². The Labute approximate surface area is 132 Å². The van der Waals surface area contributed by atoms with Crippen LogP contribution in [-0.4, -0.2) is 22.5 Å². The van der Waals surface area contributed by atoms with E-state index in [2.05, 4.69) is 21.6 Å². The normalized spacial score (nSPS) is 20.0. The van der Waals surface area contributed by atoms with E-state index in [0.29, 0.717) is 17.3 Å². The van der Waals surface area contributed by atoms with Gasteiger partial charge in [0.2, 0.25) is 5.91 Å². The van der Waals surface area contributed by atoms with E-state index in [1.807, 2.05) is 25.1 Å². The van der Waals surface area contributed by atoms with Gasteiger partial charge in [0.05, 0.1) is 17.7 Å². The molecule has 0 saturated carbocycles. The maximum atomic E-state index is 12.0. The van der Waals surface area contributed by atoms with Crippen molar-refractivity contribution in [1.29, 1.82) is 0 Å². The molecule has 2 heterocycles. The Hall–Kier alpha value is -2.34. The molecule has 0 radical (unpaired) electrons. The molecule has 112 valence electrons. The predicted octanol–water partition coefficient (Wildman–Crippen LogP) is 2.75. The van der Waals surface area contributed by atoms with Gasteiger partial charge >= 0.3 is 0 Å². The fourth-order valence-electron chi connectivity index (χ4n) is 2.14. The van der Waals surface area contributed by atoms with Crippen LogP contribution in [-0.2, 0) is 11.2 Å². The van der Waals surface area contributed by atoms with E-state index in [1.165, 1.54) is 23.5 Å². The SMILES string of the molecule is Cc1cccc(C[C@H]2S/C(=N\N=C/c3ccco3)NC2=O)c1. The zero-order valence-electron chi connectivity index (χ0n) is 12.0. The number of amides is 1. The van der Waals surface area contributed by atoms with Crippen LogP contribution < -0.4 is 5.32 Å². The predicted molar refractivity (Wildman–Crippen MR) is 88.1 cm³/mol. The number of hydrogen-bond acceptors (Lipinski definition) is 5. The molecule has 0 spiro atoms. The molecule has 1 aromatic heterocycles. The molecule has 1 fully saturated rings. The zero-order valence-corrected chi connectivity index (χ0v) is 12.8. The molecule has 1 aliphatic heterocycles. The van der Waals surface area contributed by atoms with Crippen LogP contribution in [0, 0.1) is 6.92 Å². The van der Waals surface area contributed by atoms with Gasteiger partial charge in [-0.25, -0.2) is 0 Å². The molecular weight excluding hydrogens is 298 g/mol. The molecule has 1 aromatic carbocycles. The van der Waals surface area contributed by atoms with Gasteiger partial charge in [-0.05, 0) is 31.0 Å². The van der Waals surface area contributed by atoms with Crippen LogP contribution in [0.25, 0.3) is 0 Å². The molecule has 1 saturated heterocycles. The fraction of sp³-hybridized carbons (Fsp3) is 0.188. The Bertz CT molecular complexity index is 723. The molecule has 1 atom stereocenters. The summed E-state index contributed by atoms with van der Waals surface area (Å²) in [6.45, 7) is 2.04. The Morgan fingerprint density at radius 1 is 1.36 bits per heavy atom. The number of hydrogen-bond donors (Lipinski definition) is 1. The van der Waals surface area contributed by atoms with E-state index >= 15 is 0 Å². The lowest BCUT2D eigenvalue weighted by atomic mass is 10.1. The zero-order chi connectivity index (χ0) is 15.4. The van der Waals surface area contributed by atoms with Crippen molar-refractivity contribution in [2.24, 2.45) is 10.2 Å². The molecule has 1 amide bonds. The Balaban J connectivity index is 1.63. The monoisotopic (exact) mass is 313 g/mol. The molecule has 0 aliphatic carbocycles. The van der Waals surface area contributed by atoms with Gasteiger partial charge in [0.1, 0.15) is 5.76 Å². The highest BCUT2D eigenvalue weighted by atomic mass is 32.2. The average molecular weight is 313 g/mol. The van der Waals surface area contributed by atoms with E-state index in [1.54, 1.807) is 18.4 Å². The summed E-state index contributed by atoms with van der Waals surface area (Å²) in [5.41, 5.74) is 2.34. The lowest BCUT2D eigenvalue weighted by molar-refractivity contribution is -0.118. The van der Waals surface area contributed by atoms with Gasteiger partial charge in [-0.3, -0.25) is 4.79 Å². The van der Waals surface area contributed by atoms with Crippen LogP contribution in [0.4, 0.5) is 0 Å². The first-order valence-electron chi connectivity index (χ1n) is 6.88. The lowest BCUT2D eigenvalue weighted by Crippen LogP contribution is -2.25. The van der Waals surface area contributed by atoms with E-state index in [-0.39, 0.29) is 11.2 Å². The van der Waals surface area contributed by atoms with Crippen molar-refractivity contribution in [1.82, 2.24) is 5.32 Å². The summed E-state index contributed by atoms with van der Waals surface area (Å²) in [5.74, 6) is 0.591. The smallest absolute Gasteiger partial charge is 0.239 e. The quantitative estimate of drug-likeness (QED) is 0.697. The van der Waals surface area contributed by atoms with Crippen molar-refractivity contribution in [3.63, 3.8) is 0 Å². The topological polar surface area (TPSA) is 67.0 Å². The molecule has 2 aromatic rings. The highest BCUT2D eigenvalue weighted by molar-refractivity contribution is 8.15. The summed E-state index contributed by atoms with van der Waals surface area (Å²) in [6, 6.07) is 11.7. The summed E-state index contributed by atoms with van der Waals surface area (Å²) < 4.78 is 5.12. The Morgan fingerprint density at radius 3 is 3.05 bits per heavy atom. The van der Waals surface area contributed by atoms with Crippen molar-refractivity contribution < 1.29 is 9.21 Å². The summed E-state index contributed by atoms with van der Waals surface area (Å²) >= 11 is 1.40. The van der Waals surface area contributed by atoms with Crippen molar-refractivity contribution in [2.75, 3.05) is 0 Å². The van der Waals surface area contributed by atoms with Gasteiger partial charge in [0, 0.05) is 0 Å². The Morgan fingerprint density at radius 2 is 2.27 bits per heavy atom. The molecule has 1 aliphatic rings. The van der Waals surface area contributed by atoms with Crippen molar-refractivity contribution >= 4 is 29.1 Å². The van der Waals surface area contributed by atoms with E-state index < -0.39 is 0 Å². The third-order valence-corrected chi connectivity index (χ3v) is 4.23. The summed E-state index contributed by atoms with van der Waals surface area (Å²) in [6.07, 6.45) is 3.76. The third kappa shape index (κ3) is 3.65. The van der Waals surface area contributed by atoms with Gasteiger partial charge < -0.3 is 9.73 Å². The van der Waals surface area contributed by atoms with Gasteiger partial charge in [0.25, 0.3) is 0 Å². The molecule has 1 N–H and O–H groups in total. The molecular formula is C16H15N3O2S. The van der Waals surface area contributed by atoms with Crippen molar-refractivity contribution in [2.45, 2.75) is 18.6 Å². The number of aryl methyl sites for hydroxylation is 1. The number of amidine groups is 1. The van der Waals surface area contributed by atoms with Gasteiger partial charge in [-0.1, -0.05) is 41.6 Å². The molecule has 5 nitrogen and oxygen atoms in total. The standard InChI is InChI=1S/C16H15N3O2S/c1-11-4-2-5-12(8-11)9-14-15(20)18-16(22-14)19-17-10-13-6-3-7-21-13/h2-8,10,14H,9H2,1H3,(H,18,19,20)/b17-10-/t14-/m1/s1. The van der Waals surface area contributed by atoms with Crippen LogP contribution in [0.1, 0.15) is 16.9 Å². The van der Waals surface area contributed by atoms with Gasteiger partial charge in [-0.2, -0.15) is 5.10 Å². The first-order valence-corrected chi connectivity index (χ1v) is 7.76. The first-order chi connectivity index (χ1) is 10.7. The van der Waals surface area contributed by atoms with Crippen LogP contribution in [0.3, 0.4) is 0 Å². The van der Waals surface area contributed by atoms with E-state index in [4.69, 9.17) is 4.42 Å². The number of thioether (sulfide) groups is 1. The van der Waals surface area contributed by atoms with Crippen LogP contribution in [0.15, 0.2) is 57.3 Å². The van der Waals surface area contributed by atoms with Crippen molar-refractivity contribution in [3.8, 4) is 0 Å². The van der Waals surface area contributed by atoms with Crippen molar-refractivity contribution in [3.05, 3.63) is 59.5 Å². The number of rotatable bonds is 4. The van der Waals surface area contributed by atoms with Crippen LogP contribution in [0.2, 0.25) is 0 Å². The minimum atomic E-state index is -0.167. The van der Waals surface area contributed by atoms with E-state index in [0.717, 1.165) is 5.56 Å². The number of carbonyl (C=O) groups is 1. The van der Waals surface area contributed by atoms with Gasteiger partial charge in [0.15, 0.2) is 5.17 Å². The maximum absolute atomic E-state index is 12.0. The first kappa shape index (κ1) is 14.6. The minimum absolute atomic E-state index is 0.0292. The number of benzene rings is 1.